The number of anilines is 2. The number of aromatic nitrogens is 1. The van der Waals surface area contributed by atoms with Gasteiger partial charge in [0.05, 0.1) is 7.11 Å². The predicted molar refractivity (Wildman–Crippen MR) is 75.4 cm³/mol. The van der Waals surface area contributed by atoms with Crippen LogP contribution in [-0.2, 0) is 0 Å². The van der Waals surface area contributed by atoms with E-state index < -0.39 is 0 Å². The second-order valence-electron chi connectivity index (χ2n) is 3.80. The van der Waals surface area contributed by atoms with Crippen LogP contribution in [0.25, 0.3) is 0 Å². The van der Waals surface area contributed by atoms with Crippen molar-refractivity contribution in [2.45, 2.75) is 0 Å². The van der Waals surface area contributed by atoms with Crippen LogP contribution < -0.4 is 21.6 Å². The molecule has 6 heteroatoms. The third kappa shape index (κ3) is 3.12. The highest BCUT2D eigenvalue weighted by Gasteiger charge is 2.00. The summed E-state index contributed by atoms with van der Waals surface area (Å²) in [7, 11) is 1.61. The number of nitrogens with two attached hydrogens (primary N) is 2. The van der Waals surface area contributed by atoms with E-state index in [1.807, 2.05) is 30.3 Å². The van der Waals surface area contributed by atoms with E-state index in [1.165, 1.54) is 0 Å². The molecular weight excluding hydrogens is 242 g/mol. The second kappa shape index (κ2) is 5.72. The molecule has 19 heavy (non-hydrogen) atoms. The molecule has 2 rings (SSSR count). The maximum absolute atomic E-state index is 5.61. The molecule has 0 aliphatic heterocycles. The Hall–Kier alpha value is -2.76. The smallest absolute Gasteiger partial charge is 0.150 e. The molecule has 0 spiro atoms. The zero-order chi connectivity index (χ0) is 13.7. The first-order valence-electron chi connectivity index (χ1n) is 5.64. The third-order valence-electron chi connectivity index (χ3n) is 2.56. The van der Waals surface area contributed by atoms with Crippen molar-refractivity contribution >= 4 is 17.3 Å². The third-order valence-corrected chi connectivity index (χ3v) is 2.56. The summed E-state index contributed by atoms with van der Waals surface area (Å²) in [5.41, 5.74) is 7.26. The van der Waals surface area contributed by atoms with Crippen LogP contribution in [0.4, 0.5) is 11.5 Å². The number of rotatable bonds is 4. The van der Waals surface area contributed by atoms with Gasteiger partial charge in [0.1, 0.15) is 17.4 Å². The van der Waals surface area contributed by atoms with Crippen LogP contribution in [0.5, 0.6) is 5.75 Å². The summed E-state index contributed by atoms with van der Waals surface area (Å²) in [5, 5.41) is 6.60. The fourth-order valence-corrected chi connectivity index (χ4v) is 1.55. The normalized spacial score (nSPS) is 11.1. The lowest BCUT2D eigenvalue weighted by atomic mass is 10.2. The Morgan fingerprint density at radius 3 is 2.63 bits per heavy atom. The Morgan fingerprint density at radius 1 is 1.26 bits per heavy atom. The van der Waals surface area contributed by atoms with E-state index in [9.17, 15) is 0 Å². The van der Waals surface area contributed by atoms with Crippen molar-refractivity contribution in [3.63, 3.8) is 0 Å². The minimum atomic E-state index is 0.297. The Bertz CT molecular complexity index is 580. The monoisotopic (exact) mass is 257 g/mol. The molecule has 0 fully saturated rings. The van der Waals surface area contributed by atoms with Crippen LogP contribution in [0.3, 0.4) is 0 Å². The number of pyridine rings is 1. The molecule has 0 aliphatic rings. The van der Waals surface area contributed by atoms with E-state index >= 15 is 0 Å². The molecule has 1 heterocycles. The highest BCUT2D eigenvalue weighted by molar-refractivity contribution is 5.97. The van der Waals surface area contributed by atoms with Crippen LogP contribution in [0.15, 0.2) is 47.7 Å². The minimum Gasteiger partial charge on any atom is -0.497 e. The molecule has 0 saturated heterocycles. The number of nitrogens with one attached hydrogen (secondary N) is 1. The van der Waals surface area contributed by atoms with E-state index in [1.54, 1.807) is 19.4 Å². The van der Waals surface area contributed by atoms with Gasteiger partial charge in [0.15, 0.2) is 0 Å². The first kappa shape index (κ1) is 12.7. The quantitative estimate of drug-likeness (QED) is 0.333. The number of amidine groups is 1. The van der Waals surface area contributed by atoms with Gasteiger partial charge in [-0.25, -0.2) is 4.98 Å². The average Bonchev–Trinajstić information content (AvgIpc) is 2.47. The van der Waals surface area contributed by atoms with Crippen molar-refractivity contribution < 1.29 is 4.74 Å². The summed E-state index contributed by atoms with van der Waals surface area (Å²) in [6.45, 7) is 0. The first-order chi connectivity index (χ1) is 9.22. The zero-order valence-electron chi connectivity index (χ0n) is 10.5. The van der Waals surface area contributed by atoms with E-state index in [0.717, 1.165) is 17.0 Å². The molecule has 5 N–H and O–H groups in total. The minimum absolute atomic E-state index is 0.297. The van der Waals surface area contributed by atoms with Crippen molar-refractivity contribution in [2.75, 3.05) is 12.4 Å². The molecule has 0 unspecified atom stereocenters. The maximum Gasteiger partial charge on any atom is 0.150 e. The SMILES string of the molecule is COc1ccnc(Nc2ccc(/C(N)=N/N)cc2)c1. The van der Waals surface area contributed by atoms with Gasteiger partial charge in [-0.05, 0) is 30.3 Å². The largest absolute Gasteiger partial charge is 0.497 e. The number of methoxy groups -OCH3 is 1. The van der Waals surface area contributed by atoms with Gasteiger partial charge in [0.25, 0.3) is 0 Å². The van der Waals surface area contributed by atoms with Gasteiger partial charge in [-0.15, -0.1) is 0 Å². The average molecular weight is 257 g/mol. The molecule has 0 aliphatic carbocycles. The summed E-state index contributed by atoms with van der Waals surface area (Å²) >= 11 is 0. The second-order valence-corrected chi connectivity index (χ2v) is 3.80. The Balaban J connectivity index is 2.15. The predicted octanol–water partition coefficient (Wildman–Crippen LogP) is 1.41. The van der Waals surface area contributed by atoms with Crippen LogP contribution in [0.1, 0.15) is 5.56 Å². The standard InChI is InChI=1S/C13H15N5O/c1-19-11-6-7-16-12(8-11)17-10-4-2-9(3-5-10)13(14)18-15/h2-8H,15H2,1H3,(H2,14,18)(H,16,17). The molecular formula is C13H15N5O. The van der Waals surface area contributed by atoms with Gasteiger partial charge >= 0.3 is 0 Å². The zero-order valence-corrected chi connectivity index (χ0v) is 10.5. The highest BCUT2D eigenvalue weighted by atomic mass is 16.5. The summed E-state index contributed by atoms with van der Waals surface area (Å²) in [5.74, 6) is 6.86. The Kier molecular flexibility index (Phi) is 3.82. The van der Waals surface area contributed by atoms with Crippen molar-refractivity contribution in [1.82, 2.24) is 4.98 Å². The number of hydrogen-bond donors (Lipinski definition) is 3. The van der Waals surface area contributed by atoms with Gasteiger partial charge in [-0.2, -0.15) is 5.10 Å². The van der Waals surface area contributed by atoms with Crippen molar-refractivity contribution in [2.24, 2.45) is 16.7 Å². The van der Waals surface area contributed by atoms with Gasteiger partial charge in [-0.3, -0.25) is 0 Å². The van der Waals surface area contributed by atoms with Gasteiger partial charge < -0.3 is 21.6 Å². The summed E-state index contributed by atoms with van der Waals surface area (Å²) in [4.78, 5) is 4.20. The van der Waals surface area contributed by atoms with E-state index in [2.05, 4.69) is 15.4 Å². The first-order valence-corrected chi connectivity index (χ1v) is 5.64. The number of nitrogens with zero attached hydrogens (tertiary/aromatic N) is 2. The van der Waals surface area contributed by atoms with Crippen molar-refractivity contribution in [1.29, 1.82) is 0 Å². The van der Waals surface area contributed by atoms with E-state index in [-0.39, 0.29) is 0 Å². The summed E-state index contributed by atoms with van der Waals surface area (Å²) in [6.07, 6.45) is 1.68. The molecule has 0 radical (unpaired) electrons. The van der Waals surface area contributed by atoms with E-state index in [4.69, 9.17) is 16.3 Å². The lowest BCUT2D eigenvalue weighted by Gasteiger charge is -2.07. The maximum atomic E-state index is 5.61. The summed E-state index contributed by atoms with van der Waals surface area (Å²) < 4.78 is 5.13. The lowest BCUT2D eigenvalue weighted by molar-refractivity contribution is 0.414. The van der Waals surface area contributed by atoms with Crippen LogP contribution in [0.2, 0.25) is 0 Å². The molecule has 0 atom stereocenters. The topological polar surface area (TPSA) is 98.5 Å². The Morgan fingerprint density at radius 2 is 2.00 bits per heavy atom. The summed E-state index contributed by atoms with van der Waals surface area (Å²) in [6, 6.07) is 11.0. The molecule has 0 amide bonds. The van der Waals surface area contributed by atoms with Gasteiger partial charge in [0, 0.05) is 23.5 Å². The molecule has 2 aromatic rings. The molecule has 1 aromatic carbocycles. The molecule has 1 aromatic heterocycles. The van der Waals surface area contributed by atoms with E-state index in [0.29, 0.717) is 11.7 Å². The van der Waals surface area contributed by atoms with Crippen LogP contribution >= 0.6 is 0 Å². The molecule has 0 bridgehead atoms. The number of benzene rings is 1. The van der Waals surface area contributed by atoms with Gasteiger partial charge in [-0.1, -0.05) is 0 Å². The van der Waals surface area contributed by atoms with Crippen molar-refractivity contribution in [3.05, 3.63) is 48.2 Å². The lowest BCUT2D eigenvalue weighted by Crippen LogP contribution is -2.15. The van der Waals surface area contributed by atoms with Crippen LogP contribution in [0, 0.1) is 0 Å². The van der Waals surface area contributed by atoms with Crippen molar-refractivity contribution in [3.8, 4) is 5.75 Å². The number of hydrogen-bond acceptors (Lipinski definition) is 5. The highest BCUT2D eigenvalue weighted by Crippen LogP contribution is 2.19. The molecule has 6 nitrogen and oxygen atoms in total. The Labute approximate surface area is 111 Å². The number of hydrazone groups is 1. The molecule has 98 valence electrons. The number of ether oxygens (including phenoxy) is 1. The van der Waals surface area contributed by atoms with Gasteiger partial charge in [0.2, 0.25) is 0 Å². The fourth-order valence-electron chi connectivity index (χ4n) is 1.55. The van der Waals surface area contributed by atoms with Crippen LogP contribution in [-0.4, -0.2) is 17.9 Å². The fraction of sp³-hybridized carbons (Fsp3) is 0.0769. The molecule has 0 saturated carbocycles.